The van der Waals surface area contributed by atoms with E-state index in [1.807, 2.05) is 0 Å². The predicted molar refractivity (Wildman–Crippen MR) is 78.7 cm³/mol. The number of carbonyl (C=O) groups excluding carboxylic acids is 1. The van der Waals surface area contributed by atoms with E-state index in [0.29, 0.717) is 31.7 Å². The molecule has 0 saturated carbocycles. The molecule has 2 heterocycles. The first-order chi connectivity index (χ1) is 9.82. The number of hydrogen-bond acceptors (Lipinski definition) is 3. The largest absolute Gasteiger partial charge is 0.417 e. The van der Waals surface area contributed by atoms with E-state index in [9.17, 15) is 18.0 Å². The van der Waals surface area contributed by atoms with E-state index in [1.54, 1.807) is 4.90 Å². The number of nitrogens with two attached hydrogens (primary N) is 1. The second-order valence-corrected chi connectivity index (χ2v) is 5.44. The van der Waals surface area contributed by atoms with Crippen LogP contribution in [-0.2, 0) is 6.18 Å². The summed E-state index contributed by atoms with van der Waals surface area (Å²) in [4.78, 5) is 17.5. The van der Waals surface area contributed by atoms with E-state index >= 15 is 0 Å². The van der Waals surface area contributed by atoms with Crippen LogP contribution < -0.4 is 5.73 Å². The molecule has 2 rings (SSSR count). The van der Waals surface area contributed by atoms with E-state index < -0.39 is 11.7 Å². The molecule has 2 N–H and O–H groups in total. The van der Waals surface area contributed by atoms with Crippen molar-refractivity contribution in [3.63, 3.8) is 0 Å². The zero-order valence-electron chi connectivity index (χ0n) is 12.1. The second kappa shape index (κ2) is 7.28. The molecule has 2 unspecified atom stereocenters. The van der Waals surface area contributed by atoms with Gasteiger partial charge in [-0.25, -0.2) is 0 Å². The molecule has 124 valence electrons. The van der Waals surface area contributed by atoms with E-state index in [4.69, 9.17) is 5.73 Å². The molecule has 0 aromatic carbocycles. The van der Waals surface area contributed by atoms with Gasteiger partial charge in [0.05, 0.1) is 5.56 Å². The standard InChI is InChI=1S/C14H18F3N3O.ClH/c1-9-4-5-20(8-10(9)6-18)13(21)12-3-2-11(7-19-12)14(15,16)17;/h2-3,7,9-10H,4-6,8,18H2,1H3;1H. The number of pyridine rings is 1. The van der Waals surface area contributed by atoms with Gasteiger partial charge in [0.1, 0.15) is 5.69 Å². The van der Waals surface area contributed by atoms with Gasteiger partial charge in [-0.2, -0.15) is 13.2 Å². The monoisotopic (exact) mass is 337 g/mol. The van der Waals surface area contributed by atoms with Crippen LogP contribution in [0.1, 0.15) is 29.4 Å². The lowest BCUT2D eigenvalue weighted by Gasteiger charge is -2.36. The highest BCUT2D eigenvalue weighted by atomic mass is 35.5. The lowest BCUT2D eigenvalue weighted by atomic mass is 9.87. The predicted octanol–water partition coefficient (Wildman–Crippen LogP) is 2.58. The molecule has 0 spiro atoms. The molecule has 0 aliphatic carbocycles. The first kappa shape index (κ1) is 18.7. The Morgan fingerprint density at radius 3 is 2.64 bits per heavy atom. The summed E-state index contributed by atoms with van der Waals surface area (Å²) in [5.74, 6) is 0.325. The number of hydrogen-bond donors (Lipinski definition) is 1. The van der Waals surface area contributed by atoms with Gasteiger partial charge in [-0.1, -0.05) is 6.92 Å². The van der Waals surface area contributed by atoms with Gasteiger partial charge in [0.2, 0.25) is 0 Å². The molecule has 0 radical (unpaired) electrons. The molecule has 4 nitrogen and oxygen atoms in total. The summed E-state index contributed by atoms with van der Waals surface area (Å²) in [5.41, 5.74) is 4.86. The lowest BCUT2D eigenvalue weighted by Crippen LogP contribution is -2.45. The van der Waals surface area contributed by atoms with E-state index in [0.717, 1.165) is 18.6 Å². The molecular weight excluding hydrogens is 319 g/mol. The number of nitrogens with zero attached hydrogens (tertiary/aromatic N) is 2. The molecule has 1 aromatic heterocycles. The molecule has 8 heteroatoms. The SMILES string of the molecule is CC1CCN(C(=O)c2ccc(C(F)(F)F)cn2)CC1CN.Cl. The minimum Gasteiger partial charge on any atom is -0.337 e. The van der Waals surface area contributed by atoms with Crippen LogP contribution in [0.25, 0.3) is 0 Å². The van der Waals surface area contributed by atoms with Crippen molar-refractivity contribution < 1.29 is 18.0 Å². The van der Waals surface area contributed by atoms with Gasteiger partial charge in [0, 0.05) is 19.3 Å². The molecule has 1 saturated heterocycles. The van der Waals surface area contributed by atoms with Crippen LogP contribution in [0.5, 0.6) is 0 Å². The van der Waals surface area contributed by atoms with Gasteiger partial charge in [-0.15, -0.1) is 12.4 Å². The summed E-state index contributed by atoms with van der Waals surface area (Å²) in [6.45, 7) is 3.69. The third kappa shape index (κ3) is 4.10. The molecule has 1 amide bonds. The summed E-state index contributed by atoms with van der Waals surface area (Å²) >= 11 is 0. The summed E-state index contributed by atoms with van der Waals surface area (Å²) in [7, 11) is 0. The van der Waals surface area contributed by atoms with Crippen molar-refractivity contribution >= 4 is 18.3 Å². The van der Waals surface area contributed by atoms with E-state index in [1.165, 1.54) is 0 Å². The number of piperidine rings is 1. The van der Waals surface area contributed by atoms with Crippen LogP contribution in [0.3, 0.4) is 0 Å². The lowest BCUT2D eigenvalue weighted by molar-refractivity contribution is -0.137. The first-order valence-corrected chi connectivity index (χ1v) is 6.85. The second-order valence-electron chi connectivity index (χ2n) is 5.44. The maximum Gasteiger partial charge on any atom is 0.417 e. The van der Waals surface area contributed by atoms with Crippen molar-refractivity contribution in [2.75, 3.05) is 19.6 Å². The number of rotatable bonds is 2. The summed E-state index contributed by atoms with van der Waals surface area (Å²) in [5, 5.41) is 0. The van der Waals surface area contributed by atoms with Gasteiger partial charge in [-0.05, 0) is 36.9 Å². The fourth-order valence-electron chi connectivity index (χ4n) is 2.49. The molecule has 1 aliphatic rings. The third-order valence-electron chi connectivity index (χ3n) is 4.01. The van der Waals surface area contributed by atoms with Gasteiger partial charge in [-0.3, -0.25) is 9.78 Å². The molecule has 22 heavy (non-hydrogen) atoms. The number of alkyl halides is 3. The molecule has 0 bridgehead atoms. The Labute approximate surface area is 133 Å². The average Bonchev–Trinajstić information content (AvgIpc) is 2.46. The van der Waals surface area contributed by atoms with E-state index in [2.05, 4.69) is 11.9 Å². The van der Waals surface area contributed by atoms with Gasteiger partial charge < -0.3 is 10.6 Å². The Morgan fingerprint density at radius 2 is 2.14 bits per heavy atom. The summed E-state index contributed by atoms with van der Waals surface area (Å²) in [6.07, 6.45) is -2.91. The zero-order valence-corrected chi connectivity index (χ0v) is 13.0. The van der Waals surface area contributed by atoms with Crippen LogP contribution in [0, 0.1) is 11.8 Å². The Hall–Kier alpha value is -1.34. The fourth-order valence-corrected chi connectivity index (χ4v) is 2.49. The minimum absolute atomic E-state index is 0. The van der Waals surface area contributed by atoms with E-state index in [-0.39, 0.29) is 29.9 Å². The van der Waals surface area contributed by atoms with Crippen molar-refractivity contribution in [2.45, 2.75) is 19.5 Å². The van der Waals surface area contributed by atoms with Crippen LogP contribution >= 0.6 is 12.4 Å². The quantitative estimate of drug-likeness (QED) is 0.902. The zero-order chi connectivity index (χ0) is 15.6. The van der Waals surface area contributed by atoms with Crippen LogP contribution in [0.2, 0.25) is 0 Å². The number of aromatic nitrogens is 1. The van der Waals surface area contributed by atoms with Gasteiger partial charge >= 0.3 is 6.18 Å². The third-order valence-corrected chi connectivity index (χ3v) is 4.01. The number of carbonyl (C=O) groups is 1. The Bertz CT molecular complexity index is 507. The van der Waals surface area contributed by atoms with Crippen molar-refractivity contribution in [2.24, 2.45) is 17.6 Å². The first-order valence-electron chi connectivity index (χ1n) is 6.85. The summed E-state index contributed by atoms with van der Waals surface area (Å²) in [6, 6.07) is 2.01. The van der Waals surface area contributed by atoms with Crippen molar-refractivity contribution in [3.8, 4) is 0 Å². The Balaban J connectivity index is 0.00000242. The molecule has 1 aromatic rings. The maximum absolute atomic E-state index is 12.5. The molecule has 2 atom stereocenters. The number of likely N-dealkylation sites (tertiary alicyclic amines) is 1. The Kier molecular flexibility index (Phi) is 6.19. The number of halogens is 4. The summed E-state index contributed by atoms with van der Waals surface area (Å²) < 4.78 is 37.4. The van der Waals surface area contributed by atoms with Crippen molar-refractivity contribution in [1.82, 2.24) is 9.88 Å². The van der Waals surface area contributed by atoms with Crippen LogP contribution in [-0.4, -0.2) is 35.4 Å². The fraction of sp³-hybridized carbons (Fsp3) is 0.571. The highest BCUT2D eigenvalue weighted by Gasteiger charge is 2.32. The van der Waals surface area contributed by atoms with Crippen molar-refractivity contribution in [3.05, 3.63) is 29.6 Å². The molecule has 1 fully saturated rings. The van der Waals surface area contributed by atoms with Crippen LogP contribution in [0.4, 0.5) is 13.2 Å². The Morgan fingerprint density at radius 1 is 1.45 bits per heavy atom. The van der Waals surface area contributed by atoms with Gasteiger partial charge in [0.15, 0.2) is 0 Å². The van der Waals surface area contributed by atoms with Crippen molar-refractivity contribution in [1.29, 1.82) is 0 Å². The average molecular weight is 338 g/mol. The minimum atomic E-state index is -4.44. The normalized spacial score (nSPS) is 22.1. The smallest absolute Gasteiger partial charge is 0.337 e. The van der Waals surface area contributed by atoms with Crippen LogP contribution in [0.15, 0.2) is 18.3 Å². The maximum atomic E-state index is 12.5. The number of amides is 1. The highest BCUT2D eigenvalue weighted by molar-refractivity contribution is 5.92. The topological polar surface area (TPSA) is 59.2 Å². The highest BCUT2D eigenvalue weighted by Crippen LogP contribution is 2.29. The molecule has 1 aliphatic heterocycles. The van der Waals surface area contributed by atoms with Gasteiger partial charge in [0.25, 0.3) is 5.91 Å². The molecular formula is C14H19ClF3N3O.